The van der Waals surface area contributed by atoms with Crippen LogP contribution < -0.4 is 0 Å². The van der Waals surface area contributed by atoms with Crippen molar-refractivity contribution in [2.45, 2.75) is 62.2 Å². The fourth-order valence-corrected chi connectivity index (χ4v) is 8.43. The molecule has 174 valence electrons. The molecule has 9 rings (SSSR count). The third-order valence-corrected chi connectivity index (χ3v) is 9.96. The number of fused-ring (bicyclic) bond motifs is 13. The minimum atomic E-state index is 0.739. The van der Waals surface area contributed by atoms with Gasteiger partial charge in [-0.25, -0.2) is 0 Å². The molecule has 4 unspecified atom stereocenters. The van der Waals surface area contributed by atoms with E-state index in [0.29, 0.717) is 0 Å². The van der Waals surface area contributed by atoms with Crippen molar-refractivity contribution in [1.29, 1.82) is 0 Å². The zero-order chi connectivity index (χ0) is 23.4. The molecule has 2 heteroatoms. The highest BCUT2D eigenvalue weighted by Gasteiger charge is 2.39. The van der Waals surface area contributed by atoms with Crippen molar-refractivity contribution in [3.05, 3.63) is 95.3 Å². The average Bonchev–Trinajstić information content (AvgIpc) is 3.74. The van der Waals surface area contributed by atoms with Crippen LogP contribution in [0.25, 0.3) is 44.1 Å². The third-order valence-electron chi connectivity index (χ3n) is 9.96. The molecule has 3 aromatic carbocycles. The SMILES string of the molecule is c1cc(-c2cnc3c(ccc4cc(-c5cccc6c5C5CCC6C5)cnc43)c2)c2c(c1)C1CCC2C1. The van der Waals surface area contributed by atoms with E-state index >= 15 is 0 Å². The lowest BCUT2D eigenvalue weighted by molar-refractivity contribution is 0.718. The van der Waals surface area contributed by atoms with Crippen LogP contribution in [0.1, 0.15) is 84.5 Å². The second kappa shape index (κ2) is 7.03. The lowest BCUT2D eigenvalue weighted by Crippen LogP contribution is -2.00. The first kappa shape index (κ1) is 19.6. The van der Waals surface area contributed by atoms with Crippen molar-refractivity contribution in [1.82, 2.24) is 9.97 Å². The van der Waals surface area contributed by atoms with Gasteiger partial charge in [0.1, 0.15) is 0 Å². The molecule has 2 fully saturated rings. The molecular weight excluding hydrogens is 436 g/mol. The fourth-order valence-electron chi connectivity index (χ4n) is 8.43. The van der Waals surface area contributed by atoms with Gasteiger partial charge in [0.2, 0.25) is 0 Å². The van der Waals surface area contributed by atoms with Crippen molar-refractivity contribution in [2.75, 3.05) is 0 Å². The predicted molar refractivity (Wildman–Crippen MR) is 147 cm³/mol. The first-order valence-electron chi connectivity index (χ1n) is 13.8. The van der Waals surface area contributed by atoms with Gasteiger partial charge in [0.25, 0.3) is 0 Å². The molecule has 0 N–H and O–H groups in total. The Labute approximate surface area is 211 Å². The Balaban J connectivity index is 1.16. The topological polar surface area (TPSA) is 25.8 Å². The van der Waals surface area contributed by atoms with Crippen LogP contribution in [0.15, 0.2) is 73.1 Å². The van der Waals surface area contributed by atoms with E-state index in [1.54, 1.807) is 22.3 Å². The minimum Gasteiger partial charge on any atom is -0.253 e. The van der Waals surface area contributed by atoms with Gasteiger partial charge in [-0.1, -0.05) is 48.5 Å². The zero-order valence-corrected chi connectivity index (χ0v) is 20.4. The highest BCUT2D eigenvalue weighted by molar-refractivity contribution is 6.04. The highest BCUT2D eigenvalue weighted by Crippen LogP contribution is 2.56. The number of rotatable bonds is 2. The van der Waals surface area contributed by atoms with E-state index in [1.807, 2.05) is 0 Å². The molecule has 4 bridgehead atoms. The van der Waals surface area contributed by atoms with E-state index in [-0.39, 0.29) is 0 Å². The van der Waals surface area contributed by atoms with Crippen LogP contribution in [0.2, 0.25) is 0 Å². The van der Waals surface area contributed by atoms with Crippen LogP contribution in [-0.4, -0.2) is 9.97 Å². The molecule has 2 nitrogen and oxygen atoms in total. The van der Waals surface area contributed by atoms with Gasteiger partial charge in [-0.2, -0.15) is 0 Å². The number of benzene rings is 3. The number of hydrogen-bond donors (Lipinski definition) is 0. The summed E-state index contributed by atoms with van der Waals surface area (Å²) in [5, 5.41) is 2.36. The van der Waals surface area contributed by atoms with Gasteiger partial charge in [0.15, 0.2) is 0 Å². The molecule has 4 aliphatic carbocycles. The van der Waals surface area contributed by atoms with Gasteiger partial charge < -0.3 is 0 Å². The molecule has 2 saturated carbocycles. The summed E-state index contributed by atoms with van der Waals surface area (Å²) in [7, 11) is 0. The molecule has 0 saturated heterocycles. The van der Waals surface area contributed by atoms with Gasteiger partial charge in [-0.05, 0) is 108 Å². The number of aromatic nitrogens is 2. The Kier molecular flexibility index (Phi) is 3.84. The van der Waals surface area contributed by atoms with Crippen molar-refractivity contribution < 1.29 is 0 Å². The van der Waals surface area contributed by atoms with E-state index in [1.165, 1.54) is 71.6 Å². The van der Waals surface area contributed by atoms with Crippen LogP contribution in [0.5, 0.6) is 0 Å². The maximum absolute atomic E-state index is 5.00. The van der Waals surface area contributed by atoms with Crippen molar-refractivity contribution >= 4 is 21.8 Å². The molecule has 4 atom stereocenters. The van der Waals surface area contributed by atoms with E-state index in [9.17, 15) is 0 Å². The monoisotopic (exact) mass is 464 g/mol. The molecule has 5 aromatic rings. The lowest BCUT2D eigenvalue weighted by atomic mass is 9.86. The standard InChI is InChI=1S/C34H28N2/c1-3-27-19-7-9-21(13-19)31(27)29(5-1)25-15-23-11-12-24-16-26(18-36-34(24)33(23)35-17-25)30-6-2-4-28-20-8-10-22(14-20)32(28)30/h1-6,11-12,15-22H,7-10,13-14H2. The smallest absolute Gasteiger partial charge is 0.0965 e. The number of nitrogens with zero attached hydrogens (tertiary/aromatic N) is 2. The third kappa shape index (κ3) is 2.57. The Morgan fingerprint density at radius 2 is 1.00 bits per heavy atom. The van der Waals surface area contributed by atoms with Gasteiger partial charge in [0, 0.05) is 34.3 Å². The first-order chi connectivity index (χ1) is 17.8. The highest BCUT2D eigenvalue weighted by atomic mass is 14.7. The average molecular weight is 465 g/mol. The molecule has 2 heterocycles. The summed E-state index contributed by atoms with van der Waals surface area (Å²) >= 11 is 0. The summed E-state index contributed by atoms with van der Waals surface area (Å²) in [5.74, 6) is 3.04. The van der Waals surface area contributed by atoms with E-state index in [2.05, 4.69) is 73.1 Å². The molecule has 0 spiro atoms. The fraction of sp³-hybridized carbons (Fsp3) is 0.294. The van der Waals surface area contributed by atoms with Crippen LogP contribution in [0.3, 0.4) is 0 Å². The van der Waals surface area contributed by atoms with Crippen molar-refractivity contribution in [3.8, 4) is 22.3 Å². The summed E-state index contributed by atoms with van der Waals surface area (Å²) in [6.07, 6.45) is 12.3. The Morgan fingerprint density at radius 1 is 0.528 bits per heavy atom. The summed E-state index contributed by atoms with van der Waals surface area (Å²) in [4.78, 5) is 10.0. The van der Waals surface area contributed by atoms with Gasteiger partial charge in [0.05, 0.1) is 11.0 Å². The largest absolute Gasteiger partial charge is 0.253 e. The quantitative estimate of drug-likeness (QED) is 0.244. The maximum Gasteiger partial charge on any atom is 0.0965 e. The molecule has 0 amide bonds. The molecule has 36 heavy (non-hydrogen) atoms. The molecule has 4 aliphatic rings. The molecule has 0 aliphatic heterocycles. The lowest BCUT2D eigenvalue weighted by Gasteiger charge is -2.19. The summed E-state index contributed by atoms with van der Waals surface area (Å²) in [6.45, 7) is 0. The Bertz CT molecular complexity index is 1600. The van der Waals surface area contributed by atoms with Gasteiger partial charge >= 0.3 is 0 Å². The van der Waals surface area contributed by atoms with Gasteiger partial charge in [-0.15, -0.1) is 0 Å². The molecule has 2 aromatic heterocycles. The number of pyridine rings is 2. The van der Waals surface area contributed by atoms with Crippen LogP contribution >= 0.6 is 0 Å². The number of hydrogen-bond acceptors (Lipinski definition) is 2. The molecule has 0 radical (unpaired) electrons. The summed E-state index contributed by atoms with van der Waals surface area (Å²) in [5.41, 5.74) is 13.7. The zero-order valence-electron chi connectivity index (χ0n) is 20.4. The van der Waals surface area contributed by atoms with Crippen molar-refractivity contribution in [2.24, 2.45) is 0 Å². The Hall–Kier alpha value is -3.52. The maximum atomic E-state index is 5.00. The second-order valence-corrected chi connectivity index (χ2v) is 11.7. The minimum absolute atomic E-state index is 0.739. The van der Waals surface area contributed by atoms with Crippen molar-refractivity contribution in [3.63, 3.8) is 0 Å². The van der Waals surface area contributed by atoms with Crippen LogP contribution in [0, 0.1) is 0 Å². The van der Waals surface area contributed by atoms with Gasteiger partial charge in [-0.3, -0.25) is 9.97 Å². The summed E-state index contributed by atoms with van der Waals surface area (Å²) in [6, 6.07) is 23.0. The van der Waals surface area contributed by atoms with Crippen LogP contribution in [0.4, 0.5) is 0 Å². The second-order valence-electron chi connectivity index (χ2n) is 11.7. The van der Waals surface area contributed by atoms with E-state index < -0.39 is 0 Å². The summed E-state index contributed by atoms with van der Waals surface area (Å²) < 4.78 is 0. The van der Waals surface area contributed by atoms with E-state index in [0.717, 1.165) is 34.7 Å². The predicted octanol–water partition coefficient (Wildman–Crippen LogP) is 8.85. The van der Waals surface area contributed by atoms with Crippen LogP contribution in [-0.2, 0) is 0 Å². The molecular formula is C34H28N2. The van der Waals surface area contributed by atoms with E-state index in [4.69, 9.17) is 9.97 Å². The normalized spacial score (nSPS) is 25.1. The Morgan fingerprint density at radius 3 is 1.50 bits per heavy atom. The first-order valence-corrected chi connectivity index (χ1v) is 13.8.